The van der Waals surface area contributed by atoms with Crippen molar-refractivity contribution in [2.75, 3.05) is 5.32 Å². The van der Waals surface area contributed by atoms with Gasteiger partial charge in [-0.1, -0.05) is 18.2 Å². The molecule has 0 aliphatic carbocycles. The molecule has 2 heterocycles. The molecular formula is C20H17BrF2N4O. The van der Waals surface area contributed by atoms with E-state index in [2.05, 4.69) is 32.3 Å². The number of nitriles is 1. The van der Waals surface area contributed by atoms with Crippen molar-refractivity contribution in [1.29, 1.82) is 5.26 Å². The van der Waals surface area contributed by atoms with Gasteiger partial charge in [-0.05, 0) is 47.0 Å². The molecule has 3 aromatic rings. The molecule has 5 nitrogen and oxygen atoms in total. The minimum Gasteiger partial charge on any atom is -0.363 e. The standard InChI is InChI=1S/C20H17BrF2N4O/c1-10-13(5-4-6-14(10)18(22)23)11(2)26-19-15-7-16(21)20(28)27(3)17(15)12(8-24)9-25-19/h4-7,9,11,18H,1-3H3,(H,25,26). The highest BCUT2D eigenvalue weighted by Crippen LogP contribution is 2.31. The Bertz CT molecular complexity index is 1170. The molecule has 28 heavy (non-hydrogen) atoms. The first-order valence-electron chi connectivity index (χ1n) is 8.48. The summed E-state index contributed by atoms with van der Waals surface area (Å²) in [6.45, 7) is 3.51. The summed E-state index contributed by atoms with van der Waals surface area (Å²) < 4.78 is 28.2. The molecule has 1 unspecified atom stereocenters. The molecule has 144 valence electrons. The van der Waals surface area contributed by atoms with Crippen LogP contribution in [0.2, 0.25) is 0 Å². The largest absolute Gasteiger partial charge is 0.363 e. The molecule has 1 atom stereocenters. The van der Waals surface area contributed by atoms with E-state index in [1.807, 2.05) is 6.92 Å². The van der Waals surface area contributed by atoms with Crippen molar-refractivity contribution in [2.45, 2.75) is 26.3 Å². The summed E-state index contributed by atoms with van der Waals surface area (Å²) in [6, 6.07) is 8.15. The fraction of sp³-hybridized carbons (Fsp3) is 0.250. The van der Waals surface area contributed by atoms with Crippen molar-refractivity contribution in [2.24, 2.45) is 7.05 Å². The quantitative estimate of drug-likeness (QED) is 0.612. The zero-order valence-corrected chi connectivity index (χ0v) is 17.0. The molecule has 0 aliphatic heterocycles. The average molecular weight is 447 g/mol. The predicted octanol–water partition coefficient (Wildman–Crippen LogP) is 4.99. The van der Waals surface area contributed by atoms with Gasteiger partial charge in [0.2, 0.25) is 0 Å². The Morgan fingerprint density at radius 1 is 1.32 bits per heavy atom. The number of benzene rings is 1. The van der Waals surface area contributed by atoms with Crippen LogP contribution < -0.4 is 10.9 Å². The highest BCUT2D eigenvalue weighted by Gasteiger charge is 2.19. The lowest BCUT2D eigenvalue weighted by Crippen LogP contribution is -2.19. The monoisotopic (exact) mass is 446 g/mol. The second-order valence-corrected chi connectivity index (χ2v) is 7.33. The Hall–Kier alpha value is -2.79. The summed E-state index contributed by atoms with van der Waals surface area (Å²) in [5, 5.41) is 13.2. The number of aryl methyl sites for hydroxylation is 1. The number of nitrogens with one attached hydrogen (secondary N) is 1. The number of rotatable bonds is 4. The Kier molecular flexibility index (Phi) is 5.47. The SMILES string of the molecule is Cc1c(C(F)F)cccc1C(C)Nc1ncc(C#N)c2c1cc(Br)c(=O)n2C. The molecule has 0 fully saturated rings. The van der Waals surface area contributed by atoms with Crippen LogP contribution >= 0.6 is 15.9 Å². The lowest BCUT2D eigenvalue weighted by molar-refractivity contribution is 0.150. The summed E-state index contributed by atoms with van der Waals surface area (Å²) in [5.41, 5.74) is 1.70. The van der Waals surface area contributed by atoms with E-state index in [1.54, 1.807) is 32.2 Å². The molecule has 0 amide bonds. The van der Waals surface area contributed by atoms with Crippen LogP contribution in [0.3, 0.4) is 0 Å². The molecule has 3 rings (SSSR count). The fourth-order valence-corrected chi connectivity index (χ4v) is 3.82. The molecule has 0 spiro atoms. The first-order chi connectivity index (χ1) is 13.3. The van der Waals surface area contributed by atoms with Crippen molar-refractivity contribution >= 4 is 32.7 Å². The Balaban J connectivity index is 2.13. The highest BCUT2D eigenvalue weighted by molar-refractivity contribution is 9.10. The van der Waals surface area contributed by atoms with E-state index in [-0.39, 0.29) is 22.7 Å². The van der Waals surface area contributed by atoms with Gasteiger partial charge in [-0.3, -0.25) is 4.79 Å². The smallest absolute Gasteiger partial charge is 0.265 e. The number of nitrogens with zero attached hydrogens (tertiary/aromatic N) is 3. The van der Waals surface area contributed by atoms with E-state index in [1.165, 1.54) is 16.8 Å². The Labute approximate surface area is 168 Å². The molecule has 1 aromatic carbocycles. The van der Waals surface area contributed by atoms with E-state index >= 15 is 0 Å². The number of aromatic nitrogens is 2. The maximum absolute atomic E-state index is 13.2. The Morgan fingerprint density at radius 3 is 2.64 bits per heavy atom. The lowest BCUT2D eigenvalue weighted by Gasteiger charge is -2.20. The van der Waals surface area contributed by atoms with Crippen LogP contribution in [-0.4, -0.2) is 9.55 Å². The van der Waals surface area contributed by atoms with Crippen LogP contribution in [0.25, 0.3) is 10.9 Å². The first-order valence-corrected chi connectivity index (χ1v) is 9.28. The summed E-state index contributed by atoms with van der Waals surface area (Å²) >= 11 is 3.24. The van der Waals surface area contributed by atoms with Crippen LogP contribution in [0, 0.1) is 18.3 Å². The first kappa shape index (κ1) is 20.0. The van der Waals surface area contributed by atoms with Crippen molar-refractivity contribution in [3.8, 4) is 6.07 Å². The fourth-order valence-electron chi connectivity index (χ4n) is 3.32. The number of hydrogen-bond donors (Lipinski definition) is 1. The molecular weight excluding hydrogens is 430 g/mol. The minimum absolute atomic E-state index is 0.00561. The average Bonchev–Trinajstić information content (AvgIpc) is 2.66. The van der Waals surface area contributed by atoms with Crippen molar-refractivity contribution in [3.63, 3.8) is 0 Å². The van der Waals surface area contributed by atoms with Crippen molar-refractivity contribution < 1.29 is 8.78 Å². The van der Waals surface area contributed by atoms with E-state index < -0.39 is 6.43 Å². The number of alkyl halides is 2. The molecule has 2 aromatic heterocycles. The van der Waals surface area contributed by atoms with Gasteiger partial charge in [0.1, 0.15) is 11.9 Å². The highest BCUT2D eigenvalue weighted by atomic mass is 79.9. The zero-order chi connectivity index (χ0) is 20.6. The number of anilines is 1. The summed E-state index contributed by atoms with van der Waals surface area (Å²) in [4.78, 5) is 16.6. The minimum atomic E-state index is -2.55. The van der Waals surface area contributed by atoms with Crippen LogP contribution in [0.1, 0.15) is 41.6 Å². The third kappa shape index (κ3) is 3.38. The second kappa shape index (κ2) is 7.68. The van der Waals surface area contributed by atoms with E-state index in [9.17, 15) is 18.8 Å². The number of hydrogen-bond acceptors (Lipinski definition) is 4. The molecule has 0 saturated carbocycles. The third-order valence-corrected chi connectivity index (χ3v) is 5.36. The third-order valence-electron chi connectivity index (χ3n) is 4.80. The summed E-state index contributed by atoms with van der Waals surface area (Å²) in [6.07, 6.45) is -1.15. The molecule has 0 aliphatic rings. The van der Waals surface area contributed by atoms with Gasteiger partial charge in [0.05, 0.1) is 21.6 Å². The van der Waals surface area contributed by atoms with Gasteiger partial charge in [0.25, 0.3) is 12.0 Å². The van der Waals surface area contributed by atoms with Gasteiger partial charge in [-0.2, -0.15) is 5.26 Å². The number of pyridine rings is 2. The van der Waals surface area contributed by atoms with Gasteiger partial charge in [-0.25, -0.2) is 13.8 Å². The topological polar surface area (TPSA) is 70.7 Å². The van der Waals surface area contributed by atoms with Gasteiger partial charge in [0, 0.05) is 24.2 Å². The number of halogens is 3. The molecule has 0 bridgehead atoms. The van der Waals surface area contributed by atoms with Crippen LogP contribution in [0.4, 0.5) is 14.6 Å². The Morgan fingerprint density at radius 2 is 2.00 bits per heavy atom. The van der Waals surface area contributed by atoms with E-state index in [0.29, 0.717) is 26.8 Å². The molecule has 0 saturated heterocycles. The second-order valence-electron chi connectivity index (χ2n) is 6.48. The normalized spacial score (nSPS) is 12.2. The van der Waals surface area contributed by atoms with Gasteiger partial charge in [0.15, 0.2) is 0 Å². The lowest BCUT2D eigenvalue weighted by atomic mass is 9.97. The van der Waals surface area contributed by atoms with Crippen LogP contribution in [0.5, 0.6) is 0 Å². The maximum Gasteiger partial charge on any atom is 0.265 e. The summed E-state index contributed by atoms with van der Waals surface area (Å²) in [7, 11) is 1.58. The van der Waals surface area contributed by atoms with Crippen molar-refractivity contribution in [3.05, 3.63) is 67.5 Å². The van der Waals surface area contributed by atoms with Crippen LogP contribution in [-0.2, 0) is 7.05 Å². The van der Waals surface area contributed by atoms with Crippen LogP contribution in [0.15, 0.2) is 39.7 Å². The maximum atomic E-state index is 13.2. The van der Waals surface area contributed by atoms with Crippen molar-refractivity contribution in [1.82, 2.24) is 9.55 Å². The van der Waals surface area contributed by atoms with Gasteiger partial charge < -0.3 is 9.88 Å². The van der Waals surface area contributed by atoms with Gasteiger partial charge in [-0.15, -0.1) is 0 Å². The summed E-state index contributed by atoms with van der Waals surface area (Å²) in [5.74, 6) is 0.458. The predicted molar refractivity (Wildman–Crippen MR) is 108 cm³/mol. The zero-order valence-electron chi connectivity index (χ0n) is 15.4. The van der Waals surface area contributed by atoms with E-state index in [4.69, 9.17) is 0 Å². The molecule has 1 N–H and O–H groups in total. The van der Waals surface area contributed by atoms with E-state index in [0.717, 1.165) is 5.56 Å². The molecule has 0 radical (unpaired) electrons. The van der Waals surface area contributed by atoms with Gasteiger partial charge >= 0.3 is 0 Å². The number of fused-ring (bicyclic) bond motifs is 1. The molecule has 8 heteroatoms.